The largest absolute Gasteiger partial charge is 0.368 e. The standard InChI is InChI=1S/C20H34N2O4/c1-19(2)10-14(22-18(24)16-7-5-9-26-16)11-20(3,12-19)13-21-17(23)15-6-4-8-25-15/h14-16H,4-13H2,1-3H3,(H,21,23)(H,22,24)/t14-,15+,16+,20-/m1/s1. The molecule has 0 aromatic rings. The predicted molar refractivity (Wildman–Crippen MR) is 98.6 cm³/mol. The molecule has 6 nitrogen and oxygen atoms in total. The maximum absolute atomic E-state index is 12.5. The van der Waals surface area contributed by atoms with E-state index in [0.717, 1.165) is 44.9 Å². The molecule has 0 aromatic heterocycles. The van der Waals surface area contributed by atoms with Crippen molar-refractivity contribution in [3.8, 4) is 0 Å². The van der Waals surface area contributed by atoms with Crippen molar-refractivity contribution < 1.29 is 19.1 Å². The fourth-order valence-electron chi connectivity index (χ4n) is 5.15. The van der Waals surface area contributed by atoms with Crippen molar-refractivity contribution >= 4 is 11.8 Å². The normalized spacial score (nSPS) is 36.7. The van der Waals surface area contributed by atoms with Crippen LogP contribution in [0.5, 0.6) is 0 Å². The van der Waals surface area contributed by atoms with Crippen molar-refractivity contribution in [2.24, 2.45) is 10.8 Å². The van der Waals surface area contributed by atoms with Crippen molar-refractivity contribution in [2.45, 2.75) is 84.0 Å². The van der Waals surface area contributed by atoms with Gasteiger partial charge >= 0.3 is 0 Å². The van der Waals surface area contributed by atoms with Crippen LogP contribution in [0.4, 0.5) is 0 Å². The smallest absolute Gasteiger partial charge is 0.249 e. The molecule has 0 spiro atoms. The molecule has 2 N–H and O–H groups in total. The molecule has 1 aliphatic carbocycles. The maximum atomic E-state index is 12.5. The summed E-state index contributed by atoms with van der Waals surface area (Å²) in [6, 6.07) is 0.125. The summed E-state index contributed by atoms with van der Waals surface area (Å²) in [6.07, 6.45) is 5.83. The second-order valence-electron chi connectivity index (χ2n) is 9.49. The van der Waals surface area contributed by atoms with Crippen LogP contribution >= 0.6 is 0 Å². The van der Waals surface area contributed by atoms with Gasteiger partial charge in [-0.25, -0.2) is 0 Å². The van der Waals surface area contributed by atoms with Crippen molar-refractivity contribution in [1.29, 1.82) is 0 Å². The number of ether oxygens (including phenoxy) is 2. The van der Waals surface area contributed by atoms with Gasteiger partial charge < -0.3 is 20.1 Å². The Morgan fingerprint density at radius 1 is 0.962 bits per heavy atom. The van der Waals surface area contributed by atoms with Gasteiger partial charge in [0.05, 0.1) is 0 Å². The monoisotopic (exact) mass is 366 g/mol. The minimum Gasteiger partial charge on any atom is -0.368 e. The van der Waals surface area contributed by atoms with Crippen molar-refractivity contribution in [3.63, 3.8) is 0 Å². The Balaban J connectivity index is 1.56. The van der Waals surface area contributed by atoms with Gasteiger partial charge in [-0.2, -0.15) is 0 Å². The van der Waals surface area contributed by atoms with Crippen LogP contribution in [0, 0.1) is 10.8 Å². The van der Waals surface area contributed by atoms with Crippen molar-refractivity contribution in [3.05, 3.63) is 0 Å². The molecule has 3 rings (SSSR count). The summed E-state index contributed by atoms with van der Waals surface area (Å²) in [5.41, 5.74) is 0.0839. The van der Waals surface area contributed by atoms with Gasteiger partial charge in [0.25, 0.3) is 0 Å². The van der Waals surface area contributed by atoms with Crippen LogP contribution in [0.2, 0.25) is 0 Å². The van der Waals surface area contributed by atoms with Gasteiger partial charge in [-0.3, -0.25) is 9.59 Å². The Morgan fingerprint density at radius 2 is 1.58 bits per heavy atom. The lowest BCUT2D eigenvalue weighted by Gasteiger charge is -2.47. The first kappa shape index (κ1) is 19.6. The summed E-state index contributed by atoms with van der Waals surface area (Å²) >= 11 is 0. The van der Waals surface area contributed by atoms with E-state index in [2.05, 4.69) is 31.4 Å². The van der Waals surface area contributed by atoms with E-state index in [1.165, 1.54) is 0 Å². The third kappa shape index (κ3) is 4.97. The number of carbonyl (C=O) groups excluding carboxylic acids is 2. The number of rotatable bonds is 5. The molecule has 0 bridgehead atoms. The first-order chi connectivity index (χ1) is 12.3. The van der Waals surface area contributed by atoms with Gasteiger partial charge in [0.15, 0.2) is 0 Å². The minimum atomic E-state index is -0.287. The van der Waals surface area contributed by atoms with E-state index in [-0.39, 0.29) is 40.9 Å². The zero-order chi connectivity index (χ0) is 18.8. The van der Waals surface area contributed by atoms with Crippen molar-refractivity contribution in [1.82, 2.24) is 10.6 Å². The Bertz CT molecular complexity index is 524. The third-order valence-electron chi connectivity index (χ3n) is 5.92. The van der Waals surface area contributed by atoms with E-state index in [1.54, 1.807) is 0 Å². The Hall–Kier alpha value is -1.14. The fourth-order valence-corrected chi connectivity index (χ4v) is 5.15. The second kappa shape index (κ2) is 7.85. The van der Waals surface area contributed by atoms with E-state index >= 15 is 0 Å². The zero-order valence-corrected chi connectivity index (χ0v) is 16.4. The molecular formula is C20H34N2O4. The van der Waals surface area contributed by atoms with E-state index in [1.807, 2.05) is 0 Å². The molecule has 3 aliphatic rings. The highest BCUT2D eigenvalue weighted by atomic mass is 16.5. The van der Waals surface area contributed by atoms with Gasteiger partial charge in [0.2, 0.25) is 11.8 Å². The van der Waals surface area contributed by atoms with E-state index in [0.29, 0.717) is 19.8 Å². The molecule has 0 unspecified atom stereocenters. The topological polar surface area (TPSA) is 76.7 Å². The quantitative estimate of drug-likeness (QED) is 0.782. The molecule has 148 valence electrons. The van der Waals surface area contributed by atoms with Crippen LogP contribution in [0.1, 0.15) is 65.7 Å². The van der Waals surface area contributed by atoms with Gasteiger partial charge in [-0.1, -0.05) is 20.8 Å². The van der Waals surface area contributed by atoms with Crippen LogP contribution in [-0.4, -0.2) is 49.8 Å². The number of nitrogens with one attached hydrogen (secondary N) is 2. The SMILES string of the molecule is CC1(C)C[C@@H](NC(=O)[C@@H]2CCCO2)C[C@@](C)(CNC(=O)[C@@H]2CCCO2)C1. The van der Waals surface area contributed by atoms with Crippen LogP contribution in [0.3, 0.4) is 0 Å². The lowest BCUT2D eigenvalue weighted by atomic mass is 9.62. The number of hydrogen-bond donors (Lipinski definition) is 2. The summed E-state index contributed by atoms with van der Waals surface area (Å²) in [7, 11) is 0. The van der Waals surface area contributed by atoms with Crippen molar-refractivity contribution in [2.75, 3.05) is 19.8 Å². The van der Waals surface area contributed by atoms with Gasteiger partial charge in [-0.15, -0.1) is 0 Å². The molecule has 0 radical (unpaired) electrons. The molecule has 2 saturated heterocycles. The first-order valence-electron chi connectivity index (χ1n) is 10.1. The summed E-state index contributed by atoms with van der Waals surface area (Å²) in [5.74, 6) is 0.0305. The average Bonchev–Trinajstić information content (AvgIpc) is 3.23. The molecule has 2 heterocycles. The Morgan fingerprint density at radius 3 is 2.15 bits per heavy atom. The van der Waals surface area contributed by atoms with Crippen LogP contribution in [0.25, 0.3) is 0 Å². The maximum Gasteiger partial charge on any atom is 0.249 e. The van der Waals surface area contributed by atoms with Crippen LogP contribution in [0.15, 0.2) is 0 Å². The highest BCUT2D eigenvalue weighted by Crippen LogP contribution is 2.45. The van der Waals surface area contributed by atoms with E-state index in [4.69, 9.17) is 9.47 Å². The van der Waals surface area contributed by atoms with E-state index in [9.17, 15) is 9.59 Å². The average molecular weight is 367 g/mol. The number of amides is 2. The highest BCUT2D eigenvalue weighted by molar-refractivity contribution is 5.81. The number of hydrogen-bond acceptors (Lipinski definition) is 4. The van der Waals surface area contributed by atoms with Gasteiger partial charge in [-0.05, 0) is 55.8 Å². The van der Waals surface area contributed by atoms with Crippen LogP contribution in [-0.2, 0) is 19.1 Å². The molecule has 1 saturated carbocycles. The fraction of sp³-hybridized carbons (Fsp3) is 0.900. The summed E-state index contributed by atoms with van der Waals surface area (Å²) in [5, 5.41) is 6.31. The third-order valence-corrected chi connectivity index (χ3v) is 5.92. The molecule has 4 atom stereocenters. The first-order valence-corrected chi connectivity index (χ1v) is 10.1. The number of carbonyl (C=O) groups is 2. The minimum absolute atomic E-state index is 0.00652. The van der Waals surface area contributed by atoms with Gasteiger partial charge in [0, 0.05) is 25.8 Å². The molecule has 3 fully saturated rings. The lowest BCUT2D eigenvalue weighted by Crippen LogP contribution is -2.52. The molecule has 2 amide bonds. The lowest BCUT2D eigenvalue weighted by molar-refractivity contribution is -0.133. The zero-order valence-electron chi connectivity index (χ0n) is 16.4. The van der Waals surface area contributed by atoms with Crippen LogP contribution < -0.4 is 10.6 Å². The highest BCUT2D eigenvalue weighted by Gasteiger charge is 2.42. The molecule has 0 aromatic carbocycles. The summed E-state index contributed by atoms with van der Waals surface area (Å²) < 4.78 is 11.0. The summed E-state index contributed by atoms with van der Waals surface area (Å²) in [6.45, 7) is 8.70. The molecule has 6 heteroatoms. The molecular weight excluding hydrogens is 332 g/mol. The predicted octanol–water partition coefficient (Wildman–Crippen LogP) is 2.16. The molecule has 26 heavy (non-hydrogen) atoms. The second-order valence-corrected chi connectivity index (χ2v) is 9.49. The molecule has 2 aliphatic heterocycles. The Kier molecular flexibility index (Phi) is 5.92. The Labute approximate surface area is 156 Å². The van der Waals surface area contributed by atoms with E-state index < -0.39 is 0 Å². The summed E-state index contributed by atoms with van der Waals surface area (Å²) in [4.78, 5) is 24.8. The van der Waals surface area contributed by atoms with Gasteiger partial charge in [0.1, 0.15) is 12.2 Å².